The molecule has 100 valence electrons. The molecule has 1 N–H and O–H groups in total. The van der Waals surface area contributed by atoms with E-state index in [-0.39, 0.29) is 5.82 Å². The maximum Gasteiger partial charge on any atom is 0.123 e. The van der Waals surface area contributed by atoms with Gasteiger partial charge in [-0.2, -0.15) is 0 Å². The van der Waals surface area contributed by atoms with E-state index in [0.717, 1.165) is 17.9 Å². The lowest BCUT2D eigenvalue weighted by molar-refractivity contribution is 0.375. The number of hydrogen-bond acceptors (Lipinski definition) is 2. The van der Waals surface area contributed by atoms with Crippen molar-refractivity contribution in [3.63, 3.8) is 0 Å². The fourth-order valence-electron chi connectivity index (χ4n) is 3.11. The second-order valence-corrected chi connectivity index (χ2v) is 5.09. The van der Waals surface area contributed by atoms with Crippen molar-refractivity contribution in [3.8, 4) is 5.75 Å². The first-order chi connectivity index (χ1) is 8.76. The van der Waals surface area contributed by atoms with Crippen molar-refractivity contribution in [2.24, 2.45) is 5.92 Å². The van der Waals surface area contributed by atoms with Gasteiger partial charge in [0, 0.05) is 18.0 Å². The number of likely N-dealkylation sites (N-methyl/N-ethyl adjacent to an activating group) is 1. The normalized spacial score (nSPS) is 17.9. The van der Waals surface area contributed by atoms with Crippen LogP contribution in [0.15, 0.2) is 18.2 Å². The molecule has 1 unspecified atom stereocenters. The highest BCUT2D eigenvalue weighted by Gasteiger charge is 2.28. The van der Waals surface area contributed by atoms with Crippen LogP contribution in [0.4, 0.5) is 4.39 Å². The molecule has 1 aliphatic carbocycles. The standard InChI is InChI=1S/C15H22FNO/c1-17-10-14(11-5-3-4-6-11)13-9-12(16)7-8-15(13)18-2/h7-9,11,14,17H,3-6,10H2,1-2H3. The van der Waals surface area contributed by atoms with Crippen molar-refractivity contribution in [1.82, 2.24) is 5.32 Å². The molecule has 0 amide bonds. The average molecular weight is 251 g/mol. The summed E-state index contributed by atoms with van der Waals surface area (Å²) in [6.07, 6.45) is 5.07. The van der Waals surface area contributed by atoms with E-state index in [2.05, 4.69) is 5.32 Å². The van der Waals surface area contributed by atoms with Crippen LogP contribution in [0, 0.1) is 11.7 Å². The molecule has 3 heteroatoms. The largest absolute Gasteiger partial charge is 0.496 e. The van der Waals surface area contributed by atoms with Crippen LogP contribution in [0.25, 0.3) is 0 Å². The van der Waals surface area contributed by atoms with Gasteiger partial charge < -0.3 is 10.1 Å². The van der Waals surface area contributed by atoms with Crippen molar-refractivity contribution >= 4 is 0 Å². The molecule has 2 rings (SSSR count). The Bertz CT molecular complexity index is 388. The van der Waals surface area contributed by atoms with Gasteiger partial charge in [-0.25, -0.2) is 4.39 Å². The molecule has 1 aliphatic rings. The highest BCUT2D eigenvalue weighted by molar-refractivity contribution is 5.37. The summed E-state index contributed by atoms with van der Waals surface area (Å²) >= 11 is 0. The van der Waals surface area contributed by atoms with E-state index in [1.807, 2.05) is 7.05 Å². The van der Waals surface area contributed by atoms with E-state index in [4.69, 9.17) is 4.74 Å². The quantitative estimate of drug-likeness (QED) is 0.866. The van der Waals surface area contributed by atoms with E-state index in [1.165, 1.54) is 31.7 Å². The Morgan fingerprint density at radius 3 is 2.72 bits per heavy atom. The van der Waals surface area contributed by atoms with Crippen molar-refractivity contribution in [3.05, 3.63) is 29.6 Å². The molecule has 0 radical (unpaired) electrons. The molecule has 0 aromatic heterocycles. The van der Waals surface area contributed by atoms with Crippen LogP contribution in [0.5, 0.6) is 5.75 Å². The molecule has 18 heavy (non-hydrogen) atoms. The highest BCUT2D eigenvalue weighted by atomic mass is 19.1. The van der Waals surface area contributed by atoms with Gasteiger partial charge in [-0.1, -0.05) is 12.8 Å². The molecular weight excluding hydrogens is 229 g/mol. The van der Waals surface area contributed by atoms with E-state index in [1.54, 1.807) is 19.2 Å². The zero-order valence-electron chi connectivity index (χ0n) is 11.2. The molecule has 1 fully saturated rings. The third-order valence-corrected chi connectivity index (χ3v) is 3.98. The molecule has 0 heterocycles. The van der Waals surface area contributed by atoms with Gasteiger partial charge >= 0.3 is 0 Å². The Labute approximate surface area is 109 Å². The number of halogens is 1. The molecule has 0 spiro atoms. The van der Waals surface area contributed by atoms with E-state index >= 15 is 0 Å². The second-order valence-electron chi connectivity index (χ2n) is 5.09. The molecule has 0 aliphatic heterocycles. The first-order valence-electron chi connectivity index (χ1n) is 6.74. The number of rotatable bonds is 5. The van der Waals surface area contributed by atoms with Crippen LogP contribution in [0.1, 0.15) is 37.2 Å². The SMILES string of the molecule is CNCC(c1cc(F)ccc1OC)C1CCCC1. The topological polar surface area (TPSA) is 21.3 Å². The first-order valence-corrected chi connectivity index (χ1v) is 6.74. The van der Waals surface area contributed by atoms with E-state index in [9.17, 15) is 4.39 Å². The van der Waals surface area contributed by atoms with Crippen LogP contribution in [-0.4, -0.2) is 20.7 Å². The number of benzene rings is 1. The number of ether oxygens (including phenoxy) is 1. The molecule has 2 nitrogen and oxygen atoms in total. The monoisotopic (exact) mass is 251 g/mol. The first kappa shape index (κ1) is 13.3. The summed E-state index contributed by atoms with van der Waals surface area (Å²) in [6, 6.07) is 4.84. The summed E-state index contributed by atoms with van der Waals surface area (Å²) in [5.41, 5.74) is 1.01. The lowest BCUT2D eigenvalue weighted by Crippen LogP contribution is -2.23. The smallest absolute Gasteiger partial charge is 0.123 e. The predicted molar refractivity (Wildman–Crippen MR) is 71.6 cm³/mol. The van der Waals surface area contributed by atoms with Crippen LogP contribution >= 0.6 is 0 Å². The fourth-order valence-corrected chi connectivity index (χ4v) is 3.11. The van der Waals surface area contributed by atoms with Crippen molar-refractivity contribution in [2.75, 3.05) is 20.7 Å². The van der Waals surface area contributed by atoms with Crippen molar-refractivity contribution in [2.45, 2.75) is 31.6 Å². The number of methoxy groups -OCH3 is 1. The van der Waals surface area contributed by atoms with Gasteiger partial charge in [0.1, 0.15) is 11.6 Å². The van der Waals surface area contributed by atoms with Crippen LogP contribution in [0.3, 0.4) is 0 Å². The van der Waals surface area contributed by atoms with Gasteiger partial charge in [0.15, 0.2) is 0 Å². The molecular formula is C15H22FNO. The summed E-state index contributed by atoms with van der Waals surface area (Å²) < 4.78 is 18.9. The minimum atomic E-state index is -0.176. The summed E-state index contributed by atoms with van der Waals surface area (Å²) in [6.45, 7) is 0.879. The summed E-state index contributed by atoms with van der Waals surface area (Å²) in [5, 5.41) is 3.24. The summed E-state index contributed by atoms with van der Waals surface area (Å²) in [7, 11) is 3.61. The molecule has 1 saturated carbocycles. The zero-order valence-corrected chi connectivity index (χ0v) is 11.2. The minimum absolute atomic E-state index is 0.176. The maximum atomic E-state index is 13.5. The third-order valence-electron chi connectivity index (χ3n) is 3.98. The Morgan fingerprint density at radius 1 is 1.39 bits per heavy atom. The highest BCUT2D eigenvalue weighted by Crippen LogP contribution is 2.40. The Balaban J connectivity index is 2.31. The Hall–Kier alpha value is -1.09. The molecule has 0 bridgehead atoms. The lowest BCUT2D eigenvalue weighted by Gasteiger charge is -2.25. The molecule has 1 aromatic carbocycles. The van der Waals surface area contributed by atoms with Gasteiger partial charge in [-0.05, 0) is 44.0 Å². The van der Waals surface area contributed by atoms with Gasteiger partial charge in [-0.15, -0.1) is 0 Å². The van der Waals surface area contributed by atoms with Gasteiger partial charge in [-0.3, -0.25) is 0 Å². The third kappa shape index (κ3) is 2.83. The minimum Gasteiger partial charge on any atom is -0.496 e. The second kappa shape index (κ2) is 6.19. The summed E-state index contributed by atoms with van der Waals surface area (Å²) in [4.78, 5) is 0. The number of hydrogen-bond donors (Lipinski definition) is 1. The predicted octanol–water partition coefficient (Wildman–Crippen LogP) is 3.33. The van der Waals surface area contributed by atoms with Crippen molar-refractivity contribution in [1.29, 1.82) is 0 Å². The number of nitrogens with one attached hydrogen (secondary N) is 1. The van der Waals surface area contributed by atoms with E-state index in [0.29, 0.717) is 11.8 Å². The maximum absolute atomic E-state index is 13.5. The lowest BCUT2D eigenvalue weighted by atomic mass is 9.84. The summed E-state index contributed by atoms with van der Waals surface area (Å²) in [5.74, 6) is 1.63. The average Bonchev–Trinajstić information content (AvgIpc) is 2.89. The fraction of sp³-hybridized carbons (Fsp3) is 0.600. The Morgan fingerprint density at radius 2 is 2.11 bits per heavy atom. The Kier molecular flexibility index (Phi) is 4.59. The van der Waals surface area contributed by atoms with Gasteiger partial charge in [0.25, 0.3) is 0 Å². The molecule has 1 aromatic rings. The van der Waals surface area contributed by atoms with Crippen LogP contribution < -0.4 is 10.1 Å². The van der Waals surface area contributed by atoms with Crippen molar-refractivity contribution < 1.29 is 9.13 Å². The molecule has 1 atom stereocenters. The van der Waals surface area contributed by atoms with Crippen LogP contribution in [-0.2, 0) is 0 Å². The molecule has 0 saturated heterocycles. The van der Waals surface area contributed by atoms with Crippen LogP contribution in [0.2, 0.25) is 0 Å². The van der Waals surface area contributed by atoms with Gasteiger partial charge in [0.05, 0.1) is 7.11 Å². The van der Waals surface area contributed by atoms with E-state index < -0.39 is 0 Å². The zero-order chi connectivity index (χ0) is 13.0. The van der Waals surface area contributed by atoms with Gasteiger partial charge in [0.2, 0.25) is 0 Å².